The molecule has 2 heterocycles. The third-order valence-corrected chi connectivity index (χ3v) is 5.97. The summed E-state index contributed by atoms with van der Waals surface area (Å²) in [5, 5.41) is 0.826. The van der Waals surface area contributed by atoms with Gasteiger partial charge in [0.05, 0.1) is 10.9 Å². The van der Waals surface area contributed by atoms with Crippen LogP contribution < -0.4 is 11.2 Å². The maximum Gasteiger partial charge on any atom is 0.268 e. The van der Waals surface area contributed by atoms with Crippen LogP contribution >= 0.6 is 11.6 Å². The number of H-pyrrole nitrogens is 1. The number of nitrogens with two attached hydrogens (primary N) is 1. The number of aromatic nitrogens is 2. The van der Waals surface area contributed by atoms with E-state index in [0.717, 1.165) is 5.56 Å². The quantitative estimate of drug-likeness (QED) is 0.587. The average Bonchev–Trinajstić information content (AvgIpc) is 2.69. The normalized spacial score (nSPS) is 16.0. The van der Waals surface area contributed by atoms with Crippen molar-refractivity contribution >= 4 is 28.4 Å². The lowest BCUT2D eigenvalue weighted by molar-refractivity contribution is 0.0997. The summed E-state index contributed by atoms with van der Waals surface area (Å²) in [7, 11) is 0. The number of aromatic amines is 1. The molecule has 3 aromatic rings. The summed E-state index contributed by atoms with van der Waals surface area (Å²) in [6.45, 7) is 4.63. The first-order chi connectivity index (χ1) is 14.2. The molecule has 0 radical (unpaired) electrons. The largest absolute Gasteiger partial charge is 0.364 e. The number of amides is 1. The number of hydrogen-bond acceptors (Lipinski definition) is 3. The Balaban J connectivity index is 0.000000172. The molecule has 7 heteroatoms. The third kappa shape index (κ3) is 5.05. The van der Waals surface area contributed by atoms with Crippen LogP contribution in [0.1, 0.15) is 61.5 Å². The molecule has 1 aromatic carbocycles. The maximum atomic E-state index is 13.0. The predicted molar refractivity (Wildman–Crippen MR) is 117 cm³/mol. The minimum absolute atomic E-state index is 0.00403. The summed E-state index contributed by atoms with van der Waals surface area (Å²) in [4.78, 5) is 29.0. The summed E-state index contributed by atoms with van der Waals surface area (Å²) in [5.41, 5.74) is 6.98. The molecule has 0 unspecified atom stereocenters. The standard InChI is InChI=1S/C14H18ClF.C9H7N3O2/c1-14(2)7-5-10(6-8-14)12-4-3-11(16)9-13(12)15;10-9(14)8-7-5(1-3-12-8)11-4-2-6(7)13/h3-4,9-10H,5-8H2,1-2H3;1-4H,(H2,10,14)(H,11,13). The number of carbonyl (C=O) groups is 1. The van der Waals surface area contributed by atoms with E-state index in [1.54, 1.807) is 6.07 Å². The Hall–Kier alpha value is -2.73. The van der Waals surface area contributed by atoms with Crippen LogP contribution in [0.2, 0.25) is 5.02 Å². The molecule has 4 rings (SSSR count). The monoisotopic (exact) mass is 429 g/mol. The van der Waals surface area contributed by atoms with E-state index >= 15 is 0 Å². The summed E-state index contributed by atoms with van der Waals surface area (Å²) in [6, 6.07) is 7.73. The van der Waals surface area contributed by atoms with E-state index < -0.39 is 5.91 Å². The van der Waals surface area contributed by atoms with E-state index in [2.05, 4.69) is 23.8 Å². The van der Waals surface area contributed by atoms with Gasteiger partial charge in [0.15, 0.2) is 5.43 Å². The number of pyridine rings is 2. The Morgan fingerprint density at radius 2 is 1.93 bits per heavy atom. The zero-order chi connectivity index (χ0) is 21.9. The Morgan fingerprint density at radius 1 is 1.23 bits per heavy atom. The van der Waals surface area contributed by atoms with Crippen LogP contribution in [0.3, 0.4) is 0 Å². The summed E-state index contributed by atoms with van der Waals surface area (Å²) in [5.74, 6) is -0.432. The van der Waals surface area contributed by atoms with E-state index in [-0.39, 0.29) is 22.3 Å². The fourth-order valence-electron chi connectivity index (χ4n) is 3.85. The van der Waals surface area contributed by atoms with Crippen molar-refractivity contribution in [3.8, 4) is 0 Å². The van der Waals surface area contributed by atoms with E-state index in [1.807, 2.05) is 6.07 Å². The van der Waals surface area contributed by atoms with Crippen molar-refractivity contribution in [2.45, 2.75) is 45.4 Å². The SMILES string of the molecule is CC1(C)CCC(c2ccc(F)cc2Cl)CC1.NC(=O)c1nccc2[nH]ccc(=O)c12. The van der Waals surface area contributed by atoms with Gasteiger partial charge in [0.25, 0.3) is 5.91 Å². The molecule has 1 aliphatic rings. The van der Waals surface area contributed by atoms with Gasteiger partial charge in [-0.25, -0.2) is 4.39 Å². The Kier molecular flexibility index (Phi) is 6.56. The van der Waals surface area contributed by atoms with Gasteiger partial charge in [-0.15, -0.1) is 0 Å². The van der Waals surface area contributed by atoms with Gasteiger partial charge in [0.1, 0.15) is 11.5 Å². The first kappa shape index (κ1) is 22.0. The average molecular weight is 430 g/mol. The second kappa shape index (κ2) is 8.96. The second-order valence-corrected chi connectivity index (χ2v) is 8.80. The van der Waals surface area contributed by atoms with Crippen molar-refractivity contribution in [2.75, 3.05) is 0 Å². The van der Waals surface area contributed by atoms with Gasteiger partial charge in [-0.1, -0.05) is 31.5 Å². The zero-order valence-electron chi connectivity index (χ0n) is 17.0. The van der Waals surface area contributed by atoms with Crippen molar-refractivity contribution < 1.29 is 9.18 Å². The first-order valence-corrected chi connectivity index (χ1v) is 10.3. The number of carbonyl (C=O) groups excluding carboxylic acids is 1. The maximum absolute atomic E-state index is 13.0. The number of benzene rings is 1. The van der Waals surface area contributed by atoms with Gasteiger partial charge in [0, 0.05) is 23.5 Å². The van der Waals surface area contributed by atoms with Crippen LogP contribution in [-0.2, 0) is 0 Å². The van der Waals surface area contributed by atoms with Gasteiger partial charge in [-0.05, 0) is 60.8 Å². The van der Waals surface area contributed by atoms with Gasteiger partial charge in [-0.3, -0.25) is 14.6 Å². The summed E-state index contributed by atoms with van der Waals surface area (Å²) in [6.07, 6.45) is 7.72. The Morgan fingerprint density at radius 3 is 2.57 bits per heavy atom. The number of halogens is 2. The molecule has 0 bridgehead atoms. The minimum atomic E-state index is -0.702. The van der Waals surface area contributed by atoms with Gasteiger partial charge < -0.3 is 10.7 Å². The minimum Gasteiger partial charge on any atom is -0.364 e. The predicted octanol–water partition coefficient (Wildman–Crippen LogP) is 5.18. The van der Waals surface area contributed by atoms with Crippen LogP contribution in [0, 0.1) is 11.2 Å². The molecule has 158 valence electrons. The molecule has 0 aliphatic heterocycles. The van der Waals surface area contributed by atoms with Crippen LogP contribution in [-0.4, -0.2) is 15.9 Å². The molecule has 3 N–H and O–H groups in total. The number of nitrogens with zero attached hydrogens (tertiary/aromatic N) is 1. The molecule has 1 saturated carbocycles. The number of primary amides is 1. The molecule has 1 aliphatic carbocycles. The number of rotatable bonds is 2. The molecule has 0 atom stereocenters. The highest BCUT2D eigenvalue weighted by Gasteiger charge is 2.28. The summed E-state index contributed by atoms with van der Waals surface area (Å²) >= 11 is 6.09. The number of nitrogens with one attached hydrogen (secondary N) is 1. The molecule has 30 heavy (non-hydrogen) atoms. The molecule has 2 aromatic heterocycles. The van der Waals surface area contributed by atoms with Crippen molar-refractivity contribution in [1.82, 2.24) is 9.97 Å². The first-order valence-electron chi connectivity index (χ1n) is 9.89. The van der Waals surface area contributed by atoms with Gasteiger partial charge in [-0.2, -0.15) is 0 Å². The molecule has 0 spiro atoms. The smallest absolute Gasteiger partial charge is 0.268 e. The highest BCUT2D eigenvalue weighted by Crippen LogP contribution is 2.43. The van der Waals surface area contributed by atoms with E-state index in [9.17, 15) is 14.0 Å². The lowest BCUT2D eigenvalue weighted by Crippen LogP contribution is -2.20. The van der Waals surface area contributed by atoms with E-state index in [0.29, 0.717) is 21.9 Å². The lowest BCUT2D eigenvalue weighted by atomic mass is 9.71. The van der Waals surface area contributed by atoms with Crippen LogP contribution in [0.5, 0.6) is 0 Å². The number of fused-ring (bicyclic) bond motifs is 1. The molecule has 1 amide bonds. The van der Waals surface area contributed by atoms with Crippen LogP contribution in [0.15, 0.2) is 47.5 Å². The highest BCUT2D eigenvalue weighted by molar-refractivity contribution is 6.31. The van der Waals surface area contributed by atoms with Crippen molar-refractivity contribution in [3.05, 3.63) is 75.0 Å². The molecule has 1 fully saturated rings. The fourth-order valence-corrected chi connectivity index (χ4v) is 4.17. The van der Waals surface area contributed by atoms with Crippen molar-refractivity contribution in [3.63, 3.8) is 0 Å². The van der Waals surface area contributed by atoms with Crippen molar-refractivity contribution in [2.24, 2.45) is 11.1 Å². The van der Waals surface area contributed by atoms with Crippen LogP contribution in [0.25, 0.3) is 10.9 Å². The topological polar surface area (TPSA) is 88.8 Å². The van der Waals surface area contributed by atoms with Crippen molar-refractivity contribution in [1.29, 1.82) is 0 Å². The molecule has 5 nitrogen and oxygen atoms in total. The third-order valence-electron chi connectivity index (χ3n) is 5.65. The second-order valence-electron chi connectivity index (χ2n) is 8.39. The lowest BCUT2D eigenvalue weighted by Gasteiger charge is -2.34. The molecular weight excluding hydrogens is 405 g/mol. The number of hydrogen-bond donors (Lipinski definition) is 2. The fraction of sp³-hybridized carbons (Fsp3) is 0.348. The van der Waals surface area contributed by atoms with Gasteiger partial charge in [0.2, 0.25) is 0 Å². The highest BCUT2D eigenvalue weighted by atomic mass is 35.5. The van der Waals surface area contributed by atoms with Crippen LogP contribution in [0.4, 0.5) is 4.39 Å². The van der Waals surface area contributed by atoms with E-state index in [1.165, 1.54) is 56.3 Å². The Labute approximate surface area is 179 Å². The zero-order valence-corrected chi connectivity index (χ0v) is 17.8. The summed E-state index contributed by atoms with van der Waals surface area (Å²) < 4.78 is 13.0. The Bertz CT molecular complexity index is 1110. The van der Waals surface area contributed by atoms with E-state index in [4.69, 9.17) is 17.3 Å². The molecule has 0 saturated heterocycles. The molecular formula is C23H25ClFN3O2. The van der Waals surface area contributed by atoms with Gasteiger partial charge >= 0.3 is 0 Å².